The quantitative estimate of drug-likeness (QED) is 0.712. The molecule has 0 aromatic heterocycles. The molecule has 0 heterocycles. The average molecular weight is 198 g/mol. The maximum atomic E-state index is 11.7. The lowest BCUT2D eigenvalue weighted by atomic mass is 10.3. The van der Waals surface area contributed by atoms with E-state index in [9.17, 15) is 17.2 Å². The summed E-state index contributed by atoms with van der Waals surface area (Å²) in [6, 6.07) is 0.459. The Kier molecular flexibility index (Phi) is 4.06. The van der Waals surface area contributed by atoms with Gasteiger partial charge in [0.05, 0.1) is 6.07 Å². The van der Waals surface area contributed by atoms with Gasteiger partial charge >= 0.3 is 5.76 Å². The van der Waals surface area contributed by atoms with Crippen LogP contribution >= 0.6 is 0 Å². The monoisotopic (exact) mass is 198 g/mol. The highest BCUT2D eigenvalue weighted by Crippen LogP contribution is 2.03. The van der Waals surface area contributed by atoms with Crippen LogP contribution < -0.4 is 4.72 Å². The van der Waals surface area contributed by atoms with E-state index in [2.05, 4.69) is 0 Å². The lowest BCUT2D eigenvalue weighted by Gasteiger charge is -2.08. The Bertz CT molecular complexity index is 270. The van der Waals surface area contributed by atoms with E-state index in [1.165, 1.54) is 13.0 Å². The third kappa shape index (κ3) is 3.11. The molecule has 0 aliphatic heterocycles. The van der Waals surface area contributed by atoms with Gasteiger partial charge in [-0.2, -0.15) is 18.8 Å². The molecule has 1 unspecified atom stereocenters. The molecule has 0 bridgehead atoms. The van der Waals surface area contributed by atoms with E-state index in [1.807, 2.05) is 0 Å². The van der Waals surface area contributed by atoms with Crippen molar-refractivity contribution >= 4 is 10.0 Å². The van der Waals surface area contributed by atoms with Crippen molar-refractivity contribution in [3.63, 3.8) is 0 Å². The minimum atomic E-state index is -4.63. The number of halogens is 2. The predicted molar refractivity (Wildman–Crippen MR) is 37.8 cm³/mol. The number of alkyl halides is 2. The number of nitriles is 1. The van der Waals surface area contributed by atoms with Crippen LogP contribution in [0.5, 0.6) is 0 Å². The molecule has 0 radical (unpaired) electrons. The van der Waals surface area contributed by atoms with E-state index in [1.54, 1.807) is 4.72 Å². The molecule has 0 aromatic rings. The maximum absolute atomic E-state index is 11.7. The Morgan fingerprint density at radius 2 is 2.08 bits per heavy atom. The summed E-state index contributed by atoms with van der Waals surface area (Å²) in [5.74, 6) is -3.49. The molecule has 0 rings (SSSR count). The van der Waals surface area contributed by atoms with E-state index >= 15 is 0 Å². The van der Waals surface area contributed by atoms with Gasteiger partial charge in [0.2, 0.25) is 0 Å². The normalized spacial score (nSPS) is 14.2. The maximum Gasteiger partial charge on any atom is 0.350 e. The van der Waals surface area contributed by atoms with Crippen LogP contribution in [0.15, 0.2) is 0 Å². The van der Waals surface area contributed by atoms with E-state index in [0.29, 0.717) is 0 Å². The molecule has 7 heteroatoms. The topological polar surface area (TPSA) is 70.0 Å². The van der Waals surface area contributed by atoms with Gasteiger partial charge in [-0.3, -0.25) is 0 Å². The molecular weight excluding hydrogens is 190 g/mol. The number of sulfonamides is 1. The summed E-state index contributed by atoms with van der Waals surface area (Å²) < 4.78 is 45.8. The predicted octanol–water partition coefficient (Wildman–Crippen LogP) is 0.431. The minimum Gasteiger partial charge on any atom is -0.206 e. The summed E-state index contributed by atoms with van der Waals surface area (Å²) in [5, 5.41) is 8.25. The number of nitrogens with zero attached hydrogens (tertiary/aromatic N) is 1. The second-order valence-electron chi connectivity index (χ2n) is 2.01. The summed E-state index contributed by atoms with van der Waals surface area (Å²) in [7, 11) is -4.63. The Morgan fingerprint density at radius 3 is 2.33 bits per heavy atom. The zero-order valence-electron chi connectivity index (χ0n) is 6.29. The van der Waals surface area contributed by atoms with Crippen molar-refractivity contribution in [1.29, 1.82) is 5.26 Å². The van der Waals surface area contributed by atoms with Crippen molar-refractivity contribution in [3.8, 4) is 6.07 Å². The molecule has 4 nitrogen and oxygen atoms in total. The van der Waals surface area contributed by atoms with Gasteiger partial charge in [0.1, 0.15) is 6.04 Å². The SMILES string of the molecule is CCC(C#N)NS(=O)(=O)C(F)F. The largest absolute Gasteiger partial charge is 0.350 e. The van der Waals surface area contributed by atoms with Gasteiger partial charge in [0.25, 0.3) is 10.0 Å². The highest BCUT2D eigenvalue weighted by Gasteiger charge is 2.26. The van der Waals surface area contributed by atoms with Crippen LogP contribution in [0.25, 0.3) is 0 Å². The average Bonchev–Trinajstić information content (AvgIpc) is 2.00. The van der Waals surface area contributed by atoms with Gasteiger partial charge in [0.15, 0.2) is 0 Å². The van der Waals surface area contributed by atoms with Crippen molar-refractivity contribution in [3.05, 3.63) is 0 Å². The number of hydrogen-bond donors (Lipinski definition) is 1. The summed E-state index contributed by atoms with van der Waals surface area (Å²) in [5.41, 5.74) is 0. The standard InChI is InChI=1S/C5H8F2N2O2S/c1-2-4(3-8)9-12(10,11)5(6)7/h4-5,9H,2H2,1H3. The summed E-state index contributed by atoms with van der Waals surface area (Å²) in [4.78, 5) is 0. The van der Waals surface area contributed by atoms with E-state index < -0.39 is 21.8 Å². The molecule has 0 aromatic carbocycles. The fraction of sp³-hybridized carbons (Fsp3) is 0.800. The molecule has 1 N–H and O–H groups in total. The molecule has 1 atom stereocenters. The molecule has 0 spiro atoms. The summed E-state index contributed by atoms with van der Waals surface area (Å²) in [6.45, 7) is 1.52. The van der Waals surface area contributed by atoms with Crippen LogP contribution in [-0.2, 0) is 10.0 Å². The van der Waals surface area contributed by atoms with Crippen LogP contribution in [0.3, 0.4) is 0 Å². The Balaban J connectivity index is 4.37. The second-order valence-corrected chi connectivity index (χ2v) is 3.70. The minimum absolute atomic E-state index is 0.155. The molecule has 0 fully saturated rings. The molecule has 0 saturated heterocycles. The zero-order chi connectivity index (χ0) is 9.78. The zero-order valence-corrected chi connectivity index (χ0v) is 7.11. The van der Waals surface area contributed by atoms with Crippen molar-refractivity contribution < 1.29 is 17.2 Å². The number of nitrogens with one attached hydrogen (secondary N) is 1. The van der Waals surface area contributed by atoms with Crippen LogP contribution in [0, 0.1) is 11.3 Å². The first kappa shape index (κ1) is 11.3. The van der Waals surface area contributed by atoms with Gasteiger partial charge in [0, 0.05) is 0 Å². The molecule has 70 valence electrons. The van der Waals surface area contributed by atoms with Gasteiger partial charge in [-0.1, -0.05) is 6.92 Å². The van der Waals surface area contributed by atoms with Crippen LogP contribution in [-0.4, -0.2) is 20.2 Å². The van der Waals surface area contributed by atoms with Crippen molar-refractivity contribution in [2.24, 2.45) is 0 Å². The van der Waals surface area contributed by atoms with Crippen molar-refractivity contribution in [2.75, 3.05) is 0 Å². The first-order valence-corrected chi connectivity index (χ1v) is 4.67. The Labute approximate surface area is 69.2 Å². The second kappa shape index (κ2) is 4.33. The molecule has 0 aliphatic rings. The highest BCUT2D eigenvalue weighted by atomic mass is 32.2. The first-order valence-electron chi connectivity index (χ1n) is 3.13. The molecular formula is C5H8F2N2O2S. The third-order valence-corrected chi connectivity index (χ3v) is 2.19. The smallest absolute Gasteiger partial charge is 0.206 e. The van der Waals surface area contributed by atoms with Crippen LogP contribution in [0.1, 0.15) is 13.3 Å². The van der Waals surface area contributed by atoms with Crippen molar-refractivity contribution in [2.45, 2.75) is 25.1 Å². The molecule has 0 amide bonds. The first-order chi connectivity index (χ1) is 5.44. The van der Waals surface area contributed by atoms with E-state index in [-0.39, 0.29) is 6.42 Å². The summed E-state index contributed by atoms with van der Waals surface area (Å²) in [6.07, 6.45) is 0.155. The summed E-state index contributed by atoms with van der Waals surface area (Å²) >= 11 is 0. The van der Waals surface area contributed by atoms with Gasteiger partial charge in [-0.25, -0.2) is 8.42 Å². The lowest BCUT2D eigenvalue weighted by molar-refractivity contribution is 0.232. The van der Waals surface area contributed by atoms with Crippen molar-refractivity contribution in [1.82, 2.24) is 4.72 Å². The van der Waals surface area contributed by atoms with Gasteiger partial charge in [-0.05, 0) is 6.42 Å². The Morgan fingerprint density at radius 1 is 1.58 bits per heavy atom. The molecule has 0 saturated carbocycles. The van der Waals surface area contributed by atoms with Crippen LogP contribution in [0.4, 0.5) is 8.78 Å². The van der Waals surface area contributed by atoms with E-state index in [4.69, 9.17) is 5.26 Å². The Hall–Kier alpha value is -0.740. The molecule has 12 heavy (non-hydrogen) atoms. The fourth-order valence-corrected chi connectivity index (χ4v) is 1.17. The fourth-order valence-electron chi connectivity index (χ4n) is 0.451. The number of rotatable bonds is 4. The van der Waals surface area contributed by atoms with Crippen LogP contribution in [0.2, 0.25) is 0 Å². The van der Waals surface area contributed by atoms with Gasteiger partial charge in [-0.15, -0.1) is 0 Å². The highest BCUT2D eigenvalue weighted by molar-refractivity contribution is 7.89. The number of hydrogen-bond acceptors (Lipinski definition) is 3. The van der Waals surface area contributed by atoms with E-state index in [0.717, 1.165) is 0 Å². The third-order valence-electron chi connectivity index (χ3n) is 1.11. The molecule has 0 aliphatic carbocycles. The van der Waals surface area contributed by atoms with Gasteiger partial charge < -0.3 is 0 Å². The lowest BCUT2D eigenvalue weighted by Crippen LogP contribution is -2.36.